The maximum Gasteiger partial charge on any atom is 0.230 e. The molecule has 0 aromatic rings. The number of hydrogen-bond donors (Lipinski definition) is 1. The molecule has 0 atom stereocenters. The monoisotopic (exact) mass is 297 g/mol. The summed E-state index contributed by atoms with van der Waals surface area (Å²) in [4.78, 5) is 17.5. The van der Waals surface area contributed by atoms with E-state index >= 15 is 0 Å². The fourth-order valence-corrected chi connectivity index (χ4v) is 3.78. The van der Waals surface area contributed by atoms with Crippen LogP contribution in [0.15, 0.2) is 0 Å². The highest BCUT2D eigenvalue weighted by molar-refractivity contribution is 5.83. The number of carbonyl (C=O) groups excluding carboxylic acids is 1. The van der Waals surface area contributed by atoms with Gasteiger partial charge in [0.1, 0.15) is 0 Å². The van der Waals surface area contributed by atoms with Gasteiger partial charge in [-0.3, -0.25) is 4.79 Å². The van der Waals surface area contributed by atoms with E-state index in [9.17, 15) is 4.79 Å². The van der Waals surface area contributed by atoms with Crippen molar-refractivity contribution in [3.8, 4) is 0 Å². The van der Waals surface area contributed by atoms with Gasteiger partial charge in [-0.05, 0) is 38.8 Å². The van der Waals surface area contributed by atoms with E-state index in [0.29, 0.717) is 25.8 Å². The first-order valence-electron chi connectivity index (χ1n) is 8.48. The van der Waals surface area contributed by atoms with Gasteiger partial charge >= 0.3 is 0 Å². The Bertz CT molecular complexity index is 330. The molecule has 2 heterocycles. The first-order chi connectivity index (χ1) is 10.2. The zero-order chi connectivity index (χ0) is 15.3. The van der Waals surface area contributed by atoms with Crippen LogP contribution in [-0.2, 0) is 9.53 Å². The molecule has 0 aromatic carbocycles. The van der Waals surface area contributed by atoms with Crippen molar-refractivity contribution in [2.45, 2.75) is 45.6 Å². The Labute approximate surface area is 128 Å². The Morgan fingerprint density at radius 2 is 1.81 bits per heavy atom. The predicted octanol–water partition coefficient (Wildman–Crippen LogP) is 1.07. The molecule has 1 amide bonds. The normalized spacial score (nSPS) is 23.5. The summed E-state index contributed by atoms with van der Waals surface area (Å²) in [7, 11) is 0. The van der Waals surface area contributed by atoms with Gasteiger partial charge in [-0.2, -0.15) is 0 Å². The summed E-state index contributed by atoms with van der Waals surface area (Å²) < 4.78 is 5.41. The van der Waals surface area contributed by atoms with Gasteiger partial charge in [-0.1, -0.05) is 13.8 Å². The molecule has 0 radical (unpaired) electrons. The number of rotatable bonds is 5. The van der Waals surface area contributed by atoms with Gasteiger partial charge in [0.15, 0.2) is 0 Å². The van der Waals surface area contributed by atoms with E-state index in [2.05, 4.69) is 23.6 Å². The number of likely N-dealkylation sites (tertiary alicyclic amines) is 1. The first kappa shape index (κ1) is 16.7. The average molecular weight is 297 g/mol. The minimum absolute atomic E-state index is 0.270. The maximum atomic E-state index is 12.9. The van der Waals surface area contributed by atoms with E-state index in [1.807, 2.05) is 0 Å². The molecule has 5 heteroatoms. The summed E-state index contributed by atoms with van der Waals surface area (Å²) in [6.07, 6.45) is 3.73. The van der Waals surface area contributed by atoms with Crippen molar-refractivity contribution in [2.75, 3.05) is 45.9 Å². The van der Waals surface area contributed by atoms with E-state index in [-0.39, 0.29) is 11.3 Å². The highest BCUT2D eigenvalue weighted by atomic mass is 16.5. The molecule has 2 rings (SSSR count). The van der Waals surface area contributed by atoms with Gasteiger partial charge in [-0.15, -0.1) is 0 Å². The number of amides is 1. The number of piperidine rings is 1. The second kappa shape index (κ2) is 7.56. The van der Waals surface area contributed by atoms with Crippen LogP contribution in [0.25, 0.3) is 0 Å². The highest BCUT2D eigenvalue weighted by Crippen LogP contribution is 2.33. The molecule has 0 unspecified atom stereocenters. The molecular weight excluding hydrogens is 266 g/mol. The topological polar surface area (TPSA) is 58.8 Å². The number of nitrogens with zero attached hydrogens (tertiary/aromatic N) is 2. The number of ether oxygens (including phenoxy) is 1. The van der Waals surface area contributed by atoms with Gasteiger partial charge in [0, 0.05) is 38.9 Å². The average Bonchev–Trinajstić information content (AvgIpc) is 2.56. The van der Waals surface area contributed by atoms with E-state index in [4.69, 9.17) is 10.5 Å². The van der Waals surface area contributed by atoms with Crippen LogP contribution in [0, 0.1) is 5.41 Å². The molecule has 2 aliphatic rings. The Hall–Kier alpha value is -0.650. The van der Waals surface area contributed by atoms with Crippen molar-refractivity contribution < 1.29 is 9.53 Å². The van der Waals surface area contributed by atoms with Crippen molar-refractivity contribution in [2.24, 2.45) is 11.1 Å². The summed E-state index contributed by atoms with van der Waals surface area (Å²) in [5.41, 5.74) is 5.59. The smallest absolute Gasteiger partial charge is 0.230 e. The van der Waals surface area contributed by atoms with Crippen LogP contribution in [0.5, 0.6) is 0 Å². The zero-order valence-corrected chi connectivity index (χ0v) is 13.6. The van der Waals surface area contributed by atoms with Crippen LogP contribution in [0.4, 0.5) is 0 Å². The molecule has 5 nitrogen and oxygen atoms in total. The lowest BCUT2D eigenvalue weighted by Gasteiger charge is -2.43. The minimum Gasteiger partial charge on any atom is -0.381 e. The molecule has 0 saturated carbocycles. The molecule has 0 bridgehead atoms. The quantitative estimate of drug-likeness (QED) is 0.825. The Morgan fingerprint density at radius 1 is 1.24 bits per heavy atom. The molecule has 2 saturated heterocycles. The molecule has 0 aliphatic carbocycles. The van der Waals surface area contributed by atoms with Gasteiger partial charge in [0.2, 0.25) is 5.91 Å². The van der Waals surface area contributed by atoms with E-state index in [0.717, 1.165) is 51.9 Å². The third-order valence-electron chi connectivity index (χ3n) is 5.37. The molecule has 2 fully saturated rings. The number of nitrogens with two attached hydrogens (primary N) is 1. The van der Waals surface area contributed by atoms with Crippen molar-refractivity contribution in [3.05, 3.63) is 0 Å². The van der Waals surface area contributed by atoms with E-state index in [1.165, 1.54) is 0 Å². The van der Waals surface area contributed by atoms with Gasteiger partial charge in [-0.25, -0.2) is 0 Å². The molecule has 2 N–H and O–H groups in total. The molecule has 21 heavy (non-hydrogen) atoms. The fraction of sp³-hybridized carbons (Fsp3) is 0.938. The Balaban J connectivity index is 1.93. The lowest BCUT2D eigenvalue weighted by molar-refractivity contribution is -0.148. The SMILES string of the molecule is CCN(CC)C1CCN(C(=O)C2(CN)CCOCC2)CC1. The van der Waals surface area contributed by atoms with Crippen LogP contribution in [0.3, 0.4) is 0 Å². The first-order valence-corrected chi connectivity index (χ1v) is 8.48. The van der Waals surface area contributed by atoms with E-state index < -0.39 is 0 Å². The largest absolute Gasteiger partial charge is 0.381 e. The Kier molecular flexibility index (Phi) is 6.02. The summed E-state index contributed by atoms with van der Waals surface area (Å²) in [6.45, 7) is 10.2. The van der Waals surface area contributed by atoms with Gasteiger partial charge in [0.05, 0.1) is 5.41 Å². The molecule has 0 aromatic heterocycles. The van der Waals surface area contributed by atoms with Crippen LogP contribution in [0.2, 0.25) is 0 Å². The van der Waals surface area contributed by atoms with Crippen molar-refractivity contribution in [1.29, 1.82) is 0 Å². The van der Waals surface area contributed by atoms with Crippen molar-refractivity contribution in [3.63, 3.8) is 0 Å². The zero-order valence-electron chi connectivity index (χ0n) is 13.6. The number of hydrogen-bond acceptors (Lipinski definition) is 4. The predicted molar refractivity (Wildman–Crippen MR) is 84.1 cm³/mol. The third-order valence-corrected chi connectivity index (χ3v) is 5.37. The van der Waals surface area contributed by atoms with Crippen LogP contribution in [-0.4, -0.2) is 67.7 Å². The van der Waals surface area contributed by atoms with Crippen molar-refractivity contribution >= 4 is 5.91 Å². The standard InChI is InChI=1S/C16H31N3O2/c1-3-18(4-2)14-5-9-19(10-6-14)15(20)16(13-17)7-11-21-12-8-16/h14H,3-13,17H2,1-2H3. The molecular formula is C16H31N3O2. The summed E-state index contributed by atoms with van der Waals surface area (Å²) in [6, 6.07) is 0.632. The minimum atomic E-state index is -0.361. The second-order valence-electron chi connectivity index (χ2n) is 6.34. The lowest BCUT2D eigenvalue weighted by Crippen LogP contribution is -2.54. The maximum absolute atomic E-state index is 12.9. The van der Waals surface area contributed by atoms with E-state index in [1.54, 1.807) is 0 Å². The summed E-state index contributed by atoms with van der Waals surface area (Å²) in [5, 5.41) is 0. The molecule has 2 aliphatic heterocycles. The lowest BCUT2D eigenvalue weighted by atomic mass is 9.78. The summed E-state index contributed by atoms with van der Waals surface area (Å²) in [5.74, 6) is 0.270. The van der Waals surface area contributed by atoms with Crippen molar-refractivity contribution in [1.82, 2.24) is 9.80 Å². The Morgan fingerprint density at radius 3 is 2.29 bits per heavy atom. The van der Waals surface area contributed by atoms with Crippen LogP contribution >= 0.6 is 0 Å². The highest BCUT2D eigenvalue weighted by Gasteiger charge is 2.42. The third kappa shape index (κ3) is 3.58. The molecule has 122 valence electrons. The summed E-state index contributed by atoms with van der Waals surface area (Å²) >= 11 is 0. The van der Waals surface area contributed by atoms with Crippen LogP contribution in [0.1, 0.15) is 39.5 Å². The second-order valence-corrected chi connectivity index (χ2v) is 6.34. The van der Waals surface area contributed by atoms with Crippen LogP contribution < -0.4 is 5.73 Å². The molecule has 0 spiro atoms. The number of carbonyl (C=O) groups is 1. The van der Waals surface area contributed by atoms with Gasteiger partial charge in [0.25, 0.3) is 0 Å². The van der Waals surface area contributed by atoms with Gasteiger partial charge < -0.3 is 20.3 Å². The fourth-order valence-electron chi connectivity index (χ4n) is 3.78.